The molecule has 0 atom stereocenters. The van der Waals surface area contributed by atoms with E-state index in [-0.39, 0.29) is 5.69 Å². The van der Waals surface area contributed by atoms with Gasteiger partial charge in [-0.25, -0.2) is 4.98 Å². The van der Waals surface area contributed by atoms with Crippen LogP contribution in [0.2, 0.25) is 0 Å². The first-order valence-corrected chi connectivity index (χ1v) is 4.33. The van der Waals surface area contributed by atoms with Crippen LogP contribution < -0.4 is 10.6 Å². The third-order valence-corrected chi connectivity index (χ3v) is 2.09. The van der Waals surface area contributed by atoms with Crippen molar-refractivity contribution in [3.8, 4) is 0 Å². The van der Waals surface area contributed by atoms with Crippen LogP contribution in [-0.2, 0) is 0 Å². The van der Waals surface area contributed by atoms with Gasteiger partial charge in [-0.1, -0.05) is 0 Å². The van der Waals surface area contributed by atoms with Gasteiger partial charge < -0.3 is 10.6 Å². The fourth-order valence-corrected chi connectivity index (χ4v) is 1.18. The number of nitro groups is 1. The predicted molar refractivity (Wildman–Crippen MR) is 51.2 cm³/mol. The van der Waals surface area contributed by atoms with Gasteiger partial charge in [-0.15, -0.1) is 0 Å². The van der Waals surface area contributed by atoms with Crippen molar-refractivity contribution in [2.45, 2.75) is 6.04 Å². The second kappa shape index (κ2) is 3.59. The summed E-state index contributed by atoms with van der Waals surface area (Å²) in [7, 11) is 0. The number of hydrogen-bond donors (Lipinski definition) is 2. The number of hydrogen-bond acceptors (Lipinski definition) is 5. The number of anilines is 1. The lowest BCUT2D eigenvalue weighted by Gasteiger charge is -2.28. The van der Waals surface area contributed by atoms with E-state index in [0.717, 1.165) is 13.1 Å². The van der Waals surface area contributed by atoms with Crippen molar-refractivity contribution in [3.63, 3.8) is 0 Å². The number of nitrogens with one attached hydrogen (secondary N) is 2. The maximum absolute atomic E-state index is 10.3. The van der Waals surface area contributed by atoms with Crippen molar-refractivity contribution in [2.75, 3.05) is 18.4 Å². The molecule has 0 aliphatic carbocycles. The summed E-state index contributed by atoms with van der Waals surface area (Å²) in [5.41, 5.74) is 0.0160. The van der Waals surface area contributed by atoms with Gasteiger partial charge in [0.1, 0.15) is 12.0 Å². The molecule has 1 fully saturated rings. The molecule has 2 heterocycles. The topological polar surface area (TPSA) is 80.1 Å². The summed E-state index contributed by atoms with van der Waals surface area (Å²) in [5.74, 6) is 0.683. The summed E-state index contributed by atoms with van der Waals surface area (Å²) in [5, 5.41) is 16.6. The minimum atomic E-state index is -0.457. The SMILES string of the molecule is O=[N+]([O-])c1ccc(NC2CNC2)nc1. The molecule has 0 amide bonds. The first-order chi connectivity index (χ1) is 6.75. The van der Waals surface area contributed by atoms with E-state index >= 15 is 0 Å². The van der Waals surface area contributed by atoms with Crippen LogP contribution in [0.5, 0.6) is 0 Å². The van der Waals surface area contributed by atoms with Gasteiger partial charge in [0, 0.05) is 19.2 Å². The molecule has 74 valence electrons. The van der Waals surface area contributed by atoms with Crippen molar-refractivity contribution in [1.29, 1.82) is 0 Å². The molecule has 2 N–H and O–H groups in total. The normalized spacial score (nSPS) is 16.0. The van der Waals surface area contributed by atoms with Crippen LogP contribution in [0.1, 0.15) is 0 Å². The molecular formula is C8H10N4O2. The smallest absolute Gasteiger partial charge is 0.287 e. The second-order valence-electron chi connectivity index (χ2n) is 3.16. The van der Waals surface area contributed by atoms with E-state index in [9.17, 15) is 10.1 Å². The lowest BCUT2D eigenvalue weighted by molar-refractivity contribution is -0.385. The molecule has 1 aliphatic heterocycles. The maximum atomic E-state index is 10.3. The summed E-state index contributed by atoms with van der Waals surface area (Å²) in [6.07, 6.45) is 1.26. The van der Waals surface area contributed by atoms with Gasteiger partial charge in [-0.2, -0.15) is 0 Å². The van der Waals surface area contributed by atoms with Crippen LogP contribution in [0.15, 0.2) is 18.3 Å². The Balaban J connectivity index is 2.01. The molecule has 1 aromatic rings. The summed E-state index contributed by atoms with van der Waals surface area (Å²) in [6, 6.07) is 3.46. The molecule has 0 saturated carbocycles. The van der Waals surface area contributed by atoms with Crippen molar-refractivity contribution < 1.29 is 4.92 Å². The summed E-state index contributed by atoms with van der Waals surface area (Å²) >= 11 is 0. The monoisotopic (exact) mass is 194 g/mol. The summed E-state index contributed by atoms with van der Waals surface area (Å²) in [4.78, 5) is 13.8. The molecule has 1 aromatic heterocycles. The average Bonchev–Trinajstić information content (AvgIpc) is 2.12. The van der Waals surface area contributed by atoms with Crippen LogP contribution in [-0.4, -0.2) is 29.0 Å². The van der Waals surface area contributed by atoms with Crippen molar-refractivity contribution in [2.24, 2.45) is 0 Å². The van der Waals surface area contributed by atoms with E-state index in [2.05, 4.69) is 15.6 Å². The Labute approximate surface area is 80.5 Å². The highest BCUT2D eigenvalue weighted by molar-refractivity contribution is 5.41. The van der Waals surface area contributed by atoms with Crippen LogP contribution in [0.3, 0.4) is 0 Å². The third kappa shape index (κ3) is 1.80. The van der Waals surface area contributed by atoms with E-state index in [1.165, 1.54) is 12.3 Å². The Kier molecular flexibility index (Phi) is 2.28. The van der Waals surface area contributed by atoms with Crippen LogP contribution >= 0.6 is 0 Å². The van der Waals surface area contributed by atoms with Gasteiger partial charge in [0.25, 0.3) is 5.69 Å². The molecule has 0 aromatic carbocycles. The lowest BCUT2D eigenvalue weighted by Crippen LogP contribution is -2.51. The number of rotatable bonds is 3. The number of pyridine rings is 1. The molecule has 6 heteroatoms. The van der Waals surface area contributed by atoms with Gasteiger partial charge >= 0.3 is 0 Å². The van der Waals surface area contributed by atoms with Crippen molar-refractivity contribution in [3.05, 3.63) is 28.4 Å². The zero-order valence-corrected chi connectivity index (χ0v) is 7.43. The maximum Gasteiger partial charge on any atom is 0.287 e. The number of aromatic nitrogens is 1. The van der Waals surface area contributed by atoms with Crippen molar-refractivity contribution in [1.82, 2.24) is 10.3 Å². The van der Waals surface area contributed by atoms with Gasteiger partial charge in [0.15, 0.2) is 0 Å². The van der Waals surface area contributed by atoms with E-state index in [1.807, 2.05) is 0 Å². The molecule has 14 heavy (non-hydrogen) atoms. The zero-order chi connectivity index (χ0) is 9.97. The molecule has 0 bridgehead atoms. The fraction of sp³-hybridized carbons (Fsp3) is 0.375. The first-order valence-electron chi connectivity index (χ1n) is 4.33. The molecule has 6 nitrogen and oxygen atoms in total. The van der Waals surface area contributed by atoms with Crippen LogP contribution in [0.4, 0.5) is 11.5 Å². The Morgan fingerprint density at radius 2 is 2.36 bits per heavy atom. The molecule has 0 unspecified atom stereocenters. The fourth-order valence-electron chi connectivity index (χ4n) is 1.18. The largest absolute Gasteiger partial charge is 0.365 e. The second-order valence-corrected chi connectivity index (χ2v) is 3.16. The lowest BCUT2D eigenvalue weighted by atomic mass is 10.2. The number of nitrogens with zero attached hydrogens (tertiary/aromatic N) is 2. The van der Waals surface area contributed by atoms with Gasteiger partial charge in [-0.3, -0.25) is 10.1 Å². The molecule has 2 rings (SSSR count). The molecule has 1 saturated heterocycles. The zero-order valence-electron chi connectivity index (χ0n) is 7.43. The standard InChI is InChI=1S/C8H10N4O2/c13-12(14)7-1-2-8(10-5-7)11-6-3-9-4-6/h1-2,5-6,9H,3-4H2,(H,10,11). The molecule has 1 aliphatic rings. The Morgan fingerprint density at radius 3 is 2.79 bits per heavy atom. The molecule has 0 spiro atoms. The minimum Gasteiger partial charge on any atom is -0.365 e. The predicted octanol–water partition coefficient (Wildman–Crippen LogP) is 0.373. The van der Waals surface area contributed by atoms with Gasteiger partial charge in [0.05, 0.1) is 11.0 Å². The highest BCUT2D eigenvalue weighted by Gasteiger charge is 2.16. The summed E-state index contributed by atoms with van der Waals surface area (Å²) in [6.45, 7) is 1.83. The summed E-state index contributed by atoms with van der Waals surface area (Å²) < 4.78 is 0. The van der Waals surface area contributed by atoms with E-state index in [0.29, 0.717) is 11.9 Å². The van der Waals surface area contributed by atoms with E-state index < -0.39 is 4.92 Å². The van der Waals surface area contributed by atoms with Gasteiger partial charge in [0.2, 0.25) is 0 Å². The van der Waals surface area contributed by atoms with Gasteiger partial charge in [-0.05, 0) is 6.07 Å². The Bertz CT molecular complexity index is 334. The van der Waals surface area contributed by atoms with Crippen LogP contribution in [0, 0.1) is 10.1 Å². The van der Waals surface area contributed by atoms with Crippen molar-refractivity contribution >= 4 is 11.5 Å². The highest BCUT2D eigenvalue weighted by Crippen LogP contribution is 2.13. The van der Waals surface area contributed by atoms with E-state index in [1.54, 1.807) is 6.07 Å². The quantitative estimate of drug-likeness (QED) is 0.537. The molecular weight excluding hydrogens is 184 g/mol. The highest BCUT2D eigenvalue weighted by atomic mass is 16.6. The average molecular weight is 194 g/mol. The van der Waals surface area contributed by atoms with E-state index in [4.69, 9.17) is 0 Å². The third-order valence-electron chi connectivity index (χ3n) is 2.09. The van der Waals surface area contributed by atoms with Crippen LogP contribution in [0.25, 0.3) is 0 Å². The Hall–Kier alpha value is -1.69. The minimum absolute atomic E-state index is 0.0160. The first kappa shape index (κ1) is 8.89. The Morgan fingerprint density at radius 1 is 1.57 bits per heavy atom. The molecule has 0 radical (unpaired) electrons.